The Labute approximate surface area is 159 Å². The van der Waals surface area contributed by atoms with Gasteiger partial charge in [0.25, 0.3) is 0 Å². The molecule has 0 bridgehead atoms. The Hall–Kier alpha value is -2.63. The lowest BCUT2D eigenvalue weighted by molar-refractivity contribution is -0.125. The van der Waals surface area contributed by atoms with Gasteiger partial charge >= 0.3 is 0 Å². The number of carbonyl (C=O) groups excluding carboxylic acids is 1. The van der Waals surface area contributed by atoms with E-state index in [-0.39, 0.29) is 11.8 Å². The van der Waals surface area contributed by atoms with Crippen LogP contribution in [0.15, 0.2) is 36.7 Å². The molecule has 0 aliphatic carbocycles. The van der Waals surface area contributed by atoms with Gasteiger partial charge in [0.15, 0.2) is 11.5 Å². The smallest absolute Gasteiger partial charge is 0.224 e. The molecule has 1 aliphatic rings. The van der Waals surface area contributed by atoms with Gasteiger partial charge in [-0.05, 0) is 49.4 Å². The van der Waals surface area contributed by atoms with Crippen LogP contribution >= 0.6 is 0 Å². The van der Waals surface area contributed by atoms with Crippen molar-refractivity contribution in [2.45, 2.75) is 33.1 Å². The Morgan fingerprint density at radius 1 is 1.30 bits per heavy atom. The van der Waals surface area contributed by atoms with Crippen molar-refractivity contribution in [1.29, 1.82) is 0 Å². The molecule has 6 nitrogen and oxygen atoms in total. The molecule has 0 spiro atoms. The summed E-state index contributed by atoms with van der Waals surface area (Å²) in [6.07, 6.45) is 6.77. The van der Waals surface area contributed by atoms with E-state index in [1.54, 1.807) is 6.20 Å². The van der Waals surface area contributed by atoms with E-state index in [9.17, 15) is 4.79 Å². The van der Waals surface area contributed by atoms with Crippen LogP contribution in [0, 0.1) is 11.8 Å². The zero-order chi connectivity index (χ0) is 18.8. The number of aromatic nitrogens is 3. The summed E-state index contributed by atoms with van der Waals surface area (Å²) in [6.45, 7) is 6.74. The first-order chi connectivity index (χ1) is 13.1. The Morgan fingerprint density at radius 2 is 2.15 bits per heavy atom. The SMILES string of the molecule is CC(C)CCNC(=O)[C@@H]1CCCN(c2nc3ncccc3n3cccc23)C1. The molecule has 0 saturated carbocycles. The number of rotatable bonds is 5. The lowest BCUT2D eigenvalue weighted by atomic mass is 9.97. The largest absolute Gasteiger partial charge is 0.356 e. The first-order valence-corrected chi connectivity index (χ1v) is 9.88. The molecule has 1 atom stereocenters. The molecule has 4 rings (SSSR count). The zero-order valence-electron chi connectivity index (χ0n) is 16.1. The van der Waals surface area contributed by atoms with E-state index >= 15 is 0 Å². The number of hydrogen-bond donors (Lipinski definition) is 1. The molecule has 1 N–H and O–H groups in total. The minimum absolute atomic E-state index is 0.0159. The summed E-state index contributed by atoms with van der Waals surface area (Å²) in [5.74, 6) is 1.71. The van der Waals surface area contributed by atoms with E-state index in [0.717, 1.165) is 54.9 Å². The van der Waals surface area contributed by atoms with Crippen LogP contribution in [0.2, 0.25) is 0 Å². The van der Waals surface area contributed by atoms with E-state index < -0.39 is 0 Å². The average Bonchev–Trinajstić information content (AvgIpc) is 3.17. The van der Waals surface area contributed by atoms with E-state index in [4.69, 9.17) is 4.98 Å². The first kappa shape index (κ1) is 17.8. The van der Waals surface area contributed by atoms with Gasteiger partial charge in [0.05, 0.1) is 17.0 Å². The predicted molar refractivity (Wildman–Crippen MR) is 108 cm³/mol. The highest BCUT2D eigenvalue weighted by Crippen LogP contribution is 2.28. The van der Waals surface area contributed by atoms with Crippen molar-refractivity contribution in [3.05, 3.63) is 36.7 Å². The molecule has 1 saturated heterocycles. The summed E-state index contributed by atoms with van der Waals surface area (Å²) in [5.41, 5.74) is 2.80. The number of amides is 1. The van der Waals surface area contributed by atoms with Crippen LogP contribution in [0.25, 0.3) is 16.7 Å². The van der Waals surface area contributed by atoms with Crippen LogP contribution in [-0.4, -0.2) is 39.9 Å². The van der Waals surface area contributed by atoms with Gasteiger partial charge in [0.2, 0.25) is 5.91 Å². The standard InChI is InChI=1S/C21H27N5O/c1-15(2)9-11-23-21(27)16-6-4-12-25(14-16)20-18-8-5-13-26(18)17-7-3-10-22-19(17)24-20/h3,5,7-8,10,13,15-16H,4,6,9,11-12,14H2,1-2H3,(H,23,27)/t16-/m1/s1. The zero-order valence-corrected chi connectivity index (χ0v) is 16.1. The Morgan fingerprint density at radius 3 is 3.00 bits per heavy atom. The minimum atomic E-state index is 0.0159. The lowest BCUT2D eigenvalue weighted by Crippen LogP contribution is -2.43. The summed E-state index contributed by atoms with van der Waals surface area (Å²) in [5, 5.41) is 3.11. The number of carbonyl (C=O) groups is 1. The summed E-state index contributed by atoms with van der Waals surface area (Å²) in [4.78, 5) is 24.1. The summed E-state index contributed by atoms with van der Waals surface area (Å²) in [7, 11) is 0. The molecule has 27 heavy (non-hydrogen) atoms. The number of piperidine rings is 1. The van der Waals surface area contributed by atoms with Gasteiger partial charge in [-0.25, -0.2) is 9.97 Å². The molecule has 4 heterocycles. The highest BCUT2D eigenvalue weighted by molar-refractivity contribution is 5.84. The topological polar surface area (TPSA) is 62.5 Å². The fraction of sp³-hybridized carbons (Fsp3) is 0.476. The van der Waals surface area contributed by atoms with Crippen molar-refractivity contribution in [2.75, 3.05) is 24.5 Å². The number of anilines is 1. The van der Waals surface area contributed by atoms with E-state index in [1.165, 1.54) is 0 Å². The molecular formula is C21H27N5O. The average molecular weight is 365 g/mol. The molecule has 142 valence electrons. The summed E-state index contributed by atoms with van der Waals surface area (Å²) < 4.78 is 2.14. The molecular weight excluding hydrogens is 338 g/mol. The van der Waals surface area contributed by atoms with Crippen molar-refractivity contribution >= 4 is 28.4 Å². The third kappa shape index (κ3) is 3.61. The monoisotopic (exact) mass is 365 g/mol. The van der Waals surface area contributed by atoms with Crippen molar-refractivity contribution < 1.29 is 4.79 Å². The molecule has 1 amide bonds. The minimum Gasteiger partial charge on any atom is -0.356 e. The molecule has 3 aromatic rings. The quantitative estimate of drug-likeness (QED) is 0.754. The number of fused-ring (bicyclic) bond motifs is 3. The second-order valence-corrected chi connectivity index (χ2v) is 7.80. The van der Waals surface area contributed by atoms with Crippen molar-refractivity contribution in [3.8, 4) is 0 Å². The molecule has 0 radical (unpaired) electrons. The maximum absolute atomic E-state index is 12.6. The number of hydrogen-bond acceptors (Lipinski definition) is 4. The van der Waals surface area contributed by atoms with Crippen LogP contribution in [0.1, 0.15) is 33.1 Å². The summed E-state index contributed by atoms with van der Waals surface area (Å²) >= 11 is 0. The lowest BCUT2D eigenvalue weighted by Gasteiger charge is -2.33. The van der Waals surface area contributed by atoms with E-state index in [1.807, 2.05) is 24.4 Å². The molecule has 0 aromatic carbocycles. The molecule has 1 aliphatic heterocycles. The first-order valence-electron chi connectivity index (χ1n) is 9.88. The summed E-state index contributed by atoms with van der Waals surface area (Å²) in [6, 6.07) is 8.09. The normalized spacial score (nSPS) is 17.7. The van der Waals surface area contributed by atoms with Crippen LogP contribution in [0.3, 0.4) is 0 Å². The second-order valence-electron chi connectivity index (χ2n) is 7.80. The van der Waals surface area contributed by atoms with E-state index in [0.29, 0.717) is 12.5 Å². The van der Waals surface area contributed by atoms with Gasteiger partial charge in [0.1, 0.15) is 0 Å². The van der Waals surface area contributed by atoms with Gasteiger partial charge in [-0.2, -0.15) is 0 Å². The van der Waals surface area contributed by atoms with Gasteiger partial charge in [0, 0.05) is 32.0 Å². The Kier molecular flexibility index (Phi) is 4.97. The fourth-order valence-electron chi connectivity index (χ4n) is 3.84. The fourth-order valence-corrected chi connectivity index (χ4v) is 3.84. The highest BCUT2D eigenvalue weighted by Gasteiger charge is 2.27. The van der Waals surface area contributed by atoms with Gasteiger partial charge in [-0.1, -0.05) is 13.8 Å². The Balaban J connectivity index is 1.57. The van der Waals surface area contributed by atoms with Crippen molar-refractivity contribution in [2.24, 2.45) is 11.8 Å². The van der Waals surface area contributed by atoms with Gasteiger partial charge in [-0.3, -0.25) is 4.79 Å². The highest BCUT2D eigenvalue weighted by atomic mass is 16.1. The number of pyridine rings is 1. The van der Waals surface area contributed by atoms with Crippen LogP contribution in [0.4, 0.5) is 5.82 Å². The Bertz CT molecular complexity index is 948. The van der Waals surface area contributed by atoms with Crippen LogP contribution < -0.4 is 10.2 Å². The van der Waals surface area contributed by atoms with Gasteiger partial charge < -0.3 is 14.6 Å². The number of nitrogens with one attached hydrogen (secondary N) is 1. The van der Waals surface area contributed by atoms with Crippen LogP contribution in [-0.2, 0) is 4.79 Å². The molecule has 3 aromatic heterocycles. The maximum atomic E-state index is 12.6. The van der Waals surface area contributed by atoms with Crippen molar-refractivity contribution in [3.63, 3.8) is 0 Å². The second kappa shape index (κ2) is 7.55. The van der Waals surface area contributed by atoms with E-state index in [2.05, 4.69) is 39.5 Å². The van der Waals surface area contributed by atoms with Gasteiger partial charge in [-0.15, -0.1) is 0 Å². The predicted octanol–water partition coefficient (Wildman–Crippen LogP) is 3.26. The number of nitrogens with zero attached hydrogens (tertiary/aromatic N) is 4. The molecule has 1 fully saturated rings. The maximum Gasteiger partial charge on any atom is 0.224 e. The molecule has 6 heteroatoms. The van der Waals surface area contributed by atoms with Crippen molar-refractivity contribution in [1.82, 2.24) is 19.7 Å². The third-order valence-corrected chi connectivity index (χ3v) is 5.33. The molecule has 0 unspecified atom stereocenters. The van der Waals surface area contributed by atoms with Crippen LogP contribution in [0.5, 0.6) is 0 Å². The third-order valence-electron chi connectivity index (χ3n) is 5.33.